The maximum Gasteiger partial charge on any atom is 0.314 e. The maximum absolute atomic E-state index is 11.4. The Labute approximate surface area is 101 Å². The van der Waals surface area contributed by atoms with Gasteiger partial charge in [-0.2, -0.15) is 0 Å². The molecule has 0 aliphatic heterocycles. The molecule has 0 bridgehead atoms. The zero-order valence-corrected chi connectivity index (χ0v) is 10.1. The first kappa shape index (κ1) is 13.5. The average molecular weight is 240 g/mol. The van der Waals surface area contributed by atoms with Crippen LogP contribution in [0.3, 0.4) is 0 Å². The predicted molar refractivity (Wildman–Crippen MR) is 64.7 cm³/mol. The van der Waals surface area contributed by atoms with Crippen LogP contribution in [0.5, 0.6) is 0 Å². The zero-order valence-electron chi connectivity index (χ0n) is 10.1. The highest BCUT2D eigenvalue weighted by atomic mass is 16.4. The Kier molecular flexibility index (Phi) is 5.52. The molecule has 0 aromatic carbocycles. The number of hydrogen-bond acceptors (Lipinski definition) is 2. The number of nitrogens with one attached hydrogen (secondary N) is 2. The van der Waals surface area contributed by atoms with Crippen molar-refractivity contribution in [3.05, 3.63) is 12.2 Å². The SMILES string of the molecule is CC(CNC(=O)NCC1CC=CCC1)C(=O)O. The van der Waals surface area contributed by atoms with Crippen molar-refractivity contribution in [2.75, 3.05) is 13.1 Å². The highest BCUT2D eigenvalue weighted by Crippen LogP contribution is 2.16. The first-order valence-electron chi connectivity index (χ1n) is 5.99. The zero-order chi connectivity index (χ0) is 12.7. The lowest BCUT2D eigenvalue weighted by atomic mass is 9.94. The van der Waals surface area contributed by atoms with Crippen molar-refractivity contribution >= 4 is 12.0 Å². The third-order valence-corrected chi connectivity index (χ3v) is 2.92. The molecule has 1 aliphatic rings. The van der Waals surface area contributed by atoms with Crippen molar-refractivity contribution in [2.45, 2.75) is 26.2 Å². The Hall–Kier alpha value is -1.52. The molecule has 0 saturated carbocycles. The van der Waals surface area contributed by atoms with E-state index < -0.39 is 11.9 Å². The number of rotatable bonds is 5. The average Bonchev–Trinajstić information content (AvgIpc) is 2.34. The quantitative estimate of drug-likeness (QED) is 0.635. The largest absolute Gasteiger partial charge is 0.481 e. The number of carboxylic acid groups (broad SMARTS) is 1. The van der Waals surface area contributed by atoms with Crippen LogP contribution in [0.2, 0.25) is 0 Å². The molecule has 17 heavy (non-hydrogen) atoms. The molecule has 0 spiro atoms. The predicted octanol–water partition coefficient (Wildman–Crippen LogP) is 1.36. The van der Waals surface area contributed by atoms with E-state index in [4.69, 9.17) is 5.11 Å². The molecule has 5 nitrogen and oxygen atoms in total. The van der Waals surface area contributed by atoms with Gasteiger partial charge in [-0.1, -0.05) is 19.1 Å². The molecule has 96 valence electrons. The first-order chi connectivity index (χ1) is 8.09. The van der Waals surface area contributed by atoms with Gasteiger partial charge >= 0.3 is 12.0 Å². The fourth-order valence-corrected chi connectivity index (χ4v) is 1.67. The molecule has 0 aromatic rings. The standard InChI is InChI=1S/C12H20N2O3/c1-9(11(15)16)7-13-12(17)14-8-10-5-3-2-4-6-10/h2-3,9-10H,4-8H2,1H3,(H,15,16)(H2,13,14,17). The fraction of sp³-hybridized carbons (Fsp3) is 0.667. The normalized spacial score (nSPS) is 20.6. The molecule has 2 atom stereocenters. The molecule has 2 unspecified atom stereocenters. The summed E-state index contributed by atoms with van der Waals surface area (Å²) in [5, 5.41) is 14.0. The lowest BCUT2D eigenvalue weighted by molar-refractivity contribution is -0.140. The van der Waals surface area contributed by atoms with Gasteiger partial charge in [0.15, 0.2) is 0 Å². The summed E-state index contributed by atoms with van der Waals surface area (Å²) in [6.45, 7) is 2.37. The Bertz CT molecular complexity index is 302. The van der Waals surface area contributed by atoms with Gasteiger partial charge in [0.1, 0.15) is 0 Å². The summed E-state index contributed by atoms with van der Waals surface area (Å²) >= 11 is 0. The minimum absolute atomic E-state index is 0.158. The smallest absolute Gasteiger partial charge is 0.314 e. The molecule has 1 rings (SSSR count). The number of carbonyl (C=O) groups excluding carboxylic acids is 1. The number of allylic oxidation sites excluding steroid dienone is 2. The van der Waals surface area contributed by atoms with Gasteiger partial charge in [0.25, 0.3) is 0 Å². The molecule has 3 N–H and O–H groups in total. The van der Waals surface area contributed by atoms with E-state index in [1.807, 2.05) is 0 Å². The number of carboxylic acids is 1. The van der Waals surface area contributed by atoms with E-state index in [2.05, 4.69) is 22.8 Å². The molecule has 0 aromatic heterocycles. The van der Waals surface area contributed by atoms with E-state index in [9.17, 15) is 9.59 Å². The summed E-state index contributed by atoms with van der Waals surface area (Å²) in [6, 6.07) is -0.285. The van der Waals surface area contributed by atoms with Gasteiger partial charge in [0.05, 0.1) is 5.92 Å². The number of urea groups is 1. The monoisotopic (exact) mass is 240 g/mol. The van der Waals surface area contributed by atoms with Crippen LogP contribution in [0, 0.1) is 11.8 Å². The lowest BCUT2D eigenvalue weighted by Crippen LogP contribution is -2.41. The van der Waals surface area contributed by atoms with E-state index in [-0.39, 0.29) is 12.6 Å². The highest BCUT2D eigenvalue weighted by Gasteiger charge is 2.13. The minimum Gasteiger partial charge on any atom is -0.481 e. The van der Waals surface area contributed by atoms with E-state index in [1.54, 1.807) is 6.92 Å². The van der Waals surface area contributed by atoms with Crippen molar-refractivity contribution in [2.24, 2.45) is 11.8 Å². The Morgan fingerprint density at radius 2 is 2.18 bits per heavy atom. The van der Waals surface area contributed by atoms with Gasteiger partial charge in [-0.15, -0.1) is 0 Å². The second kappa shape index (κ2) is 6.93. The molecule has 0 fully saturated rings. The molecule has 1 aliphatic carbocycles. The van der Waals surface area contributed by atoms with Crippen LogP contribution in [-0.2, 0) is 4.79 Å². The van der Waals surface area contributed by atoms with E-state index in [0.29, 0.717) is 12.5 Å². The minimum atomic E-state index is -0.900. The van der Waals surface area contributed by atoms with Crippen molar-refractivity contribution in [1.29, 1.82) is 0 Å². The van der Waals surface area contributed by atoms with Crippen molar-refractivity contribution in [3.8, 4) is 0 Å². The van der Waals surface area contributed by atoms with Crippen LogP contribution >= 0.6 is 0 Å². The summed E-state index contributed by atoms with van der Waals surface area (Å²) in [6.07, 6.45) is 7.48. The molecule has 0 radical (unpaired) electrons. The van der Waals surface area contributed by atoms with Gasteiger partial charge in [-0.25, -0.2) is 4.79 Å². The number of aliphatic carboxylic acids is 1. The van der Waals surface area contributed by atoms with Crippen LogP contribution in [-0.4, -0.2) is 30.2 Å². The van der Waals surface area contributed by atoms with E-state index in [1.165, 1.54) is 0 Å². The van der Waals surface area contributed by atoms with Gasteiger partial charge in [-0.05, 0) is 25.2 Å². The third kappa shape index (κ3) is 5.38. The van der Waals surface area contributed by atoms with Crippen LogP contribution in [0.25, 0.3) is 0 Å². The van der Waals surface area contributed by atoms with Crippen LogP contribution in [0.1, 0.15) is 26.2 Å². The molecule has 0 saturated heterocycles. The number of carbonyl (C=O) groups is 2. The summed E-state index contributed by atoms with van der Waals surface area (Å²) in [5.74, 6) is -0.955. The number of hydrogen-bond donors (Lipinski definition) is 3. The first-order valence-corrected chi connectivity index (χ1v) is 5.99. The molecular formula is C12H20N2O3. The lowest BCUT2D eigenvalue weighted by Gasteiger charge is -2.18. The van der Waals surface area contributed by atoms with Crippen LogP contribution < -0.4 is 10.6 Å². The summed E-state index contributed by atoms with van der Waals surface area (Å²) in [5.41, 5.74) is 0. The van der Waals surface area contributed by atoms with Gasteiger partial charge in [0.2, 0.25) is 0 Å². The number of amides is 2. The van der Waals surface area contributed by atoms with Crippen LogP contribution in [0.4, 0.5) is 4.79 Å². The second-order valence-electron chi connectivity index (χ2n) is 4.48. The topological polar surface area (TPSA) is 78.4 Å². The van der Waals surface area contributed by atoms with Crippen molar-refractivity contribution in [1.82, 2.24) is 10.6 Å². The molecule has 2 amide bonds. The Balaban J connectivity index is 2.12. The third-order valence-electron chi connectivity index (χ3n) is 2.92. The molecule has 0 heterocycles. The summed E-state index contributed by atoms with van der Waals surface area (Å²) < 4.78 is 0. The molecular weight excluding hydrogens is 220 g/mol. The Morgan fingerprint density at radius 3 is 2.76 bits per heavy atom. The van der Waals surface area contributed by atoms with Gasteiger partial charge in [-0.3, -0.25) is 4.79 Å². The van der Waals surface area contributed by atoms with Crippen molar-refractivity contribution < 1.29 is 14.7 Å². The Morgan fingerprint density at radius 1 is 1.41 bits per heavy atom. The summed E-state index contributed by atoms with van der Waals surface area (Å²) in [4.78, 5) is 21.9. The molecule has 5 heteroatoms. The highest BCUT2D eigenvalue weighted by molar-refractivity contribution is 5.75. The van der Waals surface area contributed by atoms with E-state index >= 15 is 0 Å². The van der Waals surface area contributed by atoms with Gasteiger partial charge in [0, 0.05) is 13.1 Å². The van der Waals surface area contributed by atoms with Gasteiger partial charge < -0.3 is 15.7 Å². The second-order valence-corrected chi connectivity index (χ2v) is 4.48. The summed E-state index contributed by atoms with van der Waals surface area (Å²) in [7, 11) is 0. The fourth-order valence-electron chi connectivity index (χ4n) is 1.67. The van der Waals surface area contributed by atoms with E-state index in [0.717, 1.165) is 19.3 Å². The van der Waals surface area contributed by atoms with Crippen LogP contribution in [0.15, 0.2) is 12.2 Å². The van der Waals surface area contributed by atoms with Crippen molar-refractivity contribution in [3.63, 3.8) is 0 Å². The maximum atomic E-state index is 11.4.